The van der Waals surface area contributed by atoms with Crippen LogP contribution in [0.25, 0.3) is 0 Å². The van der Waals surface area contributed by atoms with Gasteiger partial charge in [-0.05, 0) is 0 Å². The minimum absolute atomic E-state index is 0.0842. The molecule has 3 nitrogen and oxygen atoms in total. The summed E-state index contributed by atoms with van der Waals surface area (Å²) in [6, 6.07) is 1.51. The third kappa shape index (κ3) is 1.81. The Morgan fingerprint density at radius 2 is 2.29 bits per heavy atom. The summed E-state index contributed by atoms with van der Waals surface area (Å²) in [6.45, 7) is -0.489. The van der Waals surface area contributed by atoms with E-state index in [4.69, 9.17) is 22.0 Å². The Hall–Kier alpha value is -1.25. The minimum atomic E-state index is -2.88. The fourth-order valence-corrected chi connectivity index (χ4v) is 1.22. The first kappa shape index (κ1) is 10.8. The molecule has 0 unspecified atom stereocenters. The highest BCUT2D eigenvalue weighted by atomic mass is 35.5. The van der Waals surface area contributed by atoms with Crippen molar-refractivity contribution < 1.29 is 13.9 Å². The molecule has 1 rings (SSSR count). The summed E-state index contributed by atoms with van der Waals surface area (Å²) in [5, 5.41) is 16.9. The molecule has 1 heterocycles. The summed E-state index contributed by atoms with van der Waals surface area (Å²) in [5.74, 6) is 0. The quantitative estimate of drug-likeness (QED) is 0.826. The fraction of sp³-hybridized carbons (Fsp3) is 0.250. The molecule has 6 heteroatoms. The third-order valence-corrected chi connectivity index (χ3v) is 2.06. The van der Waals surface area contributed by atoms with Gasteiger partial charge in [-0.3, -0.25) is 0 Å². The van der Waals surface area contributed by atoms with Crippen LogP contribution in [0.5, 0.6) is 0 Å². The van der Waals surface area contributed by atoms with Gasteiger partial charge < -0.3 is 5.11 Å². The lowest BCUT2D eigenvalue weighted by molar-refractivity contribution is 0.150. The van der Waals surface area contributed by atoms with Gasteiger partial charge in [-0.25, -0.2) is 13.8 Å². The molecule has 0 aliphatic heterocycles. The number of aromatic nitrogens is 1. The Morgan fingerprint density at radius 3 is 2.71 bits per heavy atom. The topological polar surface area (TPSA) is 56.9 Å². The van der Waals surface area contributed by atoms with Crippen LogP contribution in [0.4, 0.5) is 8.78 Å². The van der Waals surface area contributed by atoms with E-state index in [-0.39, 0.29) is 10.6 Å². The largest absolute Gasteiger partial charge is 0.392 e. The predicted octanol–water partition coefficient (Wildman–Crippen LogP) is 2.04. The molecule has 0 spiro atoms. The van der Waals surface area contributed by atoms with Gasteiger partial charge in [0.25, 0.3) is 6.43 Å². The monoisotopic (exact) mass is 218 g/mol. The standard InChI is InChI=1S/C8H5ClF2N2O/c9-7-4(3-14)2-13-5(1-12)6(7)8(10)11/h2,8,14H,3H2. The molecule has 1 N–H and O–H groups in total. The molecule has 0 aromatic carbocycles. The van der Waals surface area contributed by atoms with Crippen LogP contribution in [0.1, 0.15) is 23.2 Å². The predicted molar refractivity (Wildman–Crippen MR) is 44.8 cm³/mol. The number of aliphatic hydroxyl groups excluding tert-OH is 1. The van der Waals surface area contributed by atoms with E-state index in [0.29, 0.717) is 0 Å². The van der Waals surface area contributed by atoms with E-state index >= 15 is 0 Å². The zero-order valence-electron chi connectivity index (χ0n) is 6.84. The van der Waals surface area contributed by atoms with E-state index < -0.39 is 24.3 Å². The van der Waals surface area contributed by atoms with Crippen LogP contribution in [0, 0.1) is 11.3 Å². The highest BCUT2D eigenvalue weighted by Gasteiger charge is 2.20. The molecule has 0 saturated heterocycles. The van der Waals surface area contributed by atoms with Crippen LogP contribution in [0.15, 0.2) is 6.20 Å². The second kappa shape index (κ2) is 4.31. The van der Waals surface area contributed by atoms with Crippen molar-refractivity contribution in [3.63, 3.8) is 0 Å². The molecule has 0 aliphatic rings. The molecule has 0 radical (unpaired) electrons. The second-order valence-electron chi connectivity index (χ2n) is 2.43. The number of nitrogens with zero attached hydrogens (tertiary/aromatic N) is 2. The lowest BCUT2D eigenvalue weighted by Gasteiger charge is -2.07. The summed E-state index contributed by atoms with van der Waals surface area (Å²) >= 11 is 5.56. The zero-order valence-corrected chi connectivity index (χ0v) is 7.59. The van der Waals surface area contributed by atoms with E-state index in [2.05, 4.69) is 4.98 Å². The SMILES string of the molecule is N#Cc1ncc(CO)c(Cl)c1C(F)F. The normalized spacial score (nSPS) is 10.3. The van der Waals surface area contributed by atoms with Gasteiger partial charge in [0.2, 0.25) is 0 Å². The average molecular weight is 219 g/mol. The van der Waals surface area contributed by atoms with Crippen LogP contribution in [-0.4, -0.2) is 10.1 Å². The van der Waals surface area contributed by atoms with Gasteiger partial charge in [0, 0.05) is 11.8 Å². The Morgan fingerprint density at radius 1 is 1.64 bits per heavy atom. The van der Waals surface area contributed by atoms with E-state index in [0.717, 1.165) is 6.20 Å². The van der Waals surface area contributed by atoms with Gasteiger partial charge in [0.15, 0.2) is 5.69 Å². The van der Waals surface area contributed by atoms with Gasteiger partial charge in [-0.1, -0.05) is 11.6 Å². The maximum Gasteiger partial charge on any atom is 0.268 e. The first-order valence-corrected chi connectivity index (χ1v) is 3.96. The minimum Gasteiger partial charge on any atom is -0.392 e. The van der Waals surface area contributed by atoms with E-state index in [1.165, 1.54) is 6.07 Å². The van der Waals surface area contributed by atoms with Gasteiger partial charge in [0.1, 0.15) is 6.07 Å². The molecular formula is C8H5ClF2N2O. The van der Waals surface area contributed by atoms with Crippen molar-refractivity contribution in [3.05, 3.63) is 28.0 Å². The Bertz CT molecular complexity index is 390. The van der Waals surface area contributed by atoms with Crippen LogP contribution in [0.2, 0.25) is 5.02 Å². The highest BCUT2D eigenvalue weighted by molar-refractivity contribution is 6.32. The van der Waals surface area contributed by atoms with Crippen molar-refractivity contribution >= 4 is 11.6 Å². The van der Waals surface area contributed by atoms with Gasteiger partial charge in [0.05, 0.1) is 17.2 Å². The molecule has 1 aromatic heterocycles. The molecule has 0 atom stereocenters. The fourth-order valence-electron chi connectivity index (χ4n) is 0.944. The lowest BCUT2D eigenvalue weighted by Crippen LogP contribution is -1.99. The van der Waals surface area contributed by atoms with Gasteiger partial charge in [-0.2, -0.15) is 5.26 Å². The Labute approximate surface area is 83.6 Å². The summed E-state index contributed by atoms with van der Waals surface area (Å²) < 4.78 is 24.9. The number of halogens is 3. The summed E-state index contributed by atoms with van der Waals surface area (Å²) in [5.41, 5.74) is -0.955. The van der Waals surface area contributed by atoms with Crippen molar-refractivity contribution in [2.45, 2.75) is 13.0 Å². The molecule has 0 aliphatic carbocycles. The van der Waals surface area contributed by atoms with Crippen LogP contribution in [0.3, 0.4) is 0 Å². The molecular weight excluding hydrogens is 214 g/mol. The zero-order chi connectivity index (χ0) is 10.7. The number of alkyl halides is 2. The smallest absolute Gasteiger partial charge is 0.268 e. The maximum absolute atomic E-state index is 12.4. The molecule has 1 aromatic rings. The average Bonchev–Trinajstić information content (AvgIpc) is 2.16. The Balaban J connectivity index is 3.41. The Kier molecular flexibility index (Phi) is 3.33. The summed E-state index contributed by atoms with van der Waals surface area (Å²) in [6.07, 6.45) is -1.77. The first-order valence-electron chi connectivity index (χ1n) is 3.58. The van der Waals surface area contributed by atoms with Crippen molar-refractivity contribution in [1.29, 1.82) is 5.26 Å². The van der Waals surface area contributed by atoms with Crippen molar-refractivity contribution in [2.75, 3.05) is 0 Å². The van der Waals surface area contributed by atoms with Crippen LogP contribution in [-0.2, 0) is 6.61 Å². The second-order valence-corrected chi connectivity index (χ2v) is 2.81. The lowest BCUT2D eigenvalue weighted by atomic mass is 10.1. The summed E-state index contributed by atoms with van der Waals surface area (Å²) in [7, 11) is 0. The first-order chi connectivity index (χ1) is 6.61. The summed E-state index contributed by atoms with van der Waals surface area (Å²) in [4.78, 5) is 3.46. The number of nitriles is 1. The van der Waals surface area contributed by atoms with Gasteiger partial charge in [-0.15, -0.1) is 0 Å². The number of hydrogen-bond donors (Lipinski definition) is 1. The van der Waals surface area contributed by atoms with E-state index in [9.17, 15) is 8.78 Å². The number of pyridine rings is 1. The van der Waals surface area contributed by atoms with Crippen molar-refractivity contribution in [2.24, 2.45) is 0 Å². The van der Waals surface area contributed by atoms with Crippen molar-refractivity contribution in [1.82, 2.24) is 4.98 Å². The van der Waals surface area contributed by atoms with E-state index in [1.54, 1.807) is 0 Å². The number of hydrogen-bond acceptors (Lipinski definition) is 3. The molecule has 0 saturated carbocycles. The van der Waals surface area contributed by atoms with Crippen LogP contribution < -0.4 is 0 Å². The van der Waals surface area contributed by atoms with Gasteiger partial charge >= 0.3 is 0 Å². The molecule has 0 fully saturated rings. The molecule has 74 valence electrons. The molecule has 0 bridgehead atoms. The number of rotatable bonds is 2. The highest BCUT2D eigenvalue weighted by Crippen LogP contribution is 2.31. The third-order valence-electron chi connectivity index (χ3n) is 1.62. The number of aliphatic hydroxyl groups is 1. The molecule has 0 amide bonds. The van der Waals surface area contributed by atoms with Crippen LogP contribution >= 0.6 is 11.6 Å². The van der Waals surface area contributed by atoms with E-state index in [1.807, 2.05) is 0 Å². The van der Waals surface area contributed by atoms with Crippen molar-refractivity contribution in [3.8, 4) is 6.07 Å². The molecule has 14 heavy (non-hydrogen) atoms. The maximum atomic E-state index is 12.4.